The van der Waals surface area contributed by atoms with Crippen LogP contribution in [0.4, 0.5) is 4.79 Å². The summed E-state index contributed by atoms with van der Waals surface area (Å²) in [5.41, 5.74) is 2.23. The molecule has 0 heterocycles. The van der Waals surface area contributed by atoms with Crippen LogP contribution in [0.2, 0.25) is 0 Å². The number of benzene rings is 1. The van der Waals surface area contributed by atoms with E-state index in [-0.39, 0.29) is 0 Å². The highest BCUT2D eigenvalue weighted by molar-refractivity contribution is 5.77. The fourth-order valence-corrected chi connectivity index (χ4v) is 2.81. The van der Waals surface area contributed by atoms with Gasteiger partial charge in [-0.15, -0.1) is 0 Å². The number of alkyl carbamates (subject to hydrolysis) is 1. The largest absolute Gasteiger partial charge is 0.444 e. The molecule has 1 aliphatic carbocycles. The minimum Gasteiger partial charge on any atom is -0.444 e. The highest BCUT2D eigenvalue weighted by Crippen LogP contribution is 2.30. The van der Waals surface area contributed by atoms with E-state index in [1.807, 2.05) is 12.1 Å². The summed E-state index contributed by atoms with van der Waals surface area (Å²) in [4.78, 5) is 23.6. The summed E-state index contributed by atoms with van der Waals surface area (Å²) in [5, 5.41) is 2.77. The summed E-state index contributed by atoms with van der Waals surface area (Å²) < 4.78 is 5.27. The zero-order valence-corrected chi connectivity index (χ0v) is 13.2. The molecule has 4 nitrogen and oxygen atoms in total. The van der Waals surface area contributed by atoms with Crippen LogP contribution in [0.1, 0.15) is 43.9 Å². The van der Waals surface area contributed by atoms with E-state index < -0.39 is 17.2 Å². The quantitative estimate of drug-likeness (QED) is 0.852. The smallest absolute Gasteiger partial charge is 0.408 e. The Morgan fingerprint density at radius 2 is 2.10 bits per heavy atom. The minimum atomic E-state index is -0.858. The predicted octanol–water partition coefficient (Wildman–Crippen LogP) is 2.95. The summed E-state index contributed by atoms with van der Waals surface area (Å²) in [6.45, 7) is 7.49. The molecular formula is C17H23NO3. The van der Waals surface area contributed by atoms with Gasteiger partial charge >= 0.3 is 6.09 Å². The van der Waals surface area contributed by atoms with Crippen LogP contribution in [-0.2, 0) is 22.4 Å². The van der Waals surface area contributed by atoms with Gasteiger partial charge < -0.3 is 14.8 Å². The lowest BCUT2D eigenvalue weighted by atomic mass is 9.77. The highest BCUT2D eigenvalue weighted by Gasteiger charge is 2.37. The number of carbonyl (C=O) groups is 2. The molecule has 1 amide bonds. The number of aryl methyl sites for hydroxylation is 1. The van der Waals surface area contributed by atoms with E-state index in [9.17, 15) is 9.59 Å². The first-order valence-electron chi connectivity index (χ1n) is 7.29. The molecule has 4 heteroatoms. The van der Waals surface area contributed by atoms with E-state index in [1.165, 1.54) is 11.1 Å². The Labute approximate surface area is 125 Å². The third-order valence-electron chi connectivity index (χ3n) is 3.81. The van der Waals surface area contributed by atoms with Crippen molar-refractivity contribution >= 4 is 12.4 Å². The molecule has 0 aliphatic heterocycles. The van der Waals surface area contributed by atoms with Crippen molar-refractivity contribution in [3.05, 3.63) is 34.9 Å². The van der Waals surface area contributed by atoms with Crippen LogP contribution < -0.4 is 5.32 Å². The van der Waals surface area contributed by atoms with E-state index in [4.69, 9.17) is 4.74 Å². The van der Waals surface area contributed by atoms with Crippen molar-refractivity contribution in [3.8, 4) is 0 Å². The third kappa shape index (κ3) is 3.63. The van der Waals surface area contributed by atoms with Crippen molar-refractivity contribution in [1.29, 1.82) is 0 Å². The average Bonchev–Trinajstić information content (AvgIpc) is 2.36. The van der Waals surface area contributed by atoms with Gasteiger partial charge in [-0.1, -0.05) is 18.2 Å². The first-order chi connectivity index (χ1) is 9.75. The van der Waals surface area contributed by atoms with E-state index >= 15 is 0 Å². The molecule has 0 fully saturated rings. The Hall–Kier alpha value is -1.84. The average molecular weight is 289 g/mol. The summed E-state index contributed by atoms with van der Waals surface area (Å²) >= 11 is 0. The highest BCUT2D eigenvalue weighted by atomic mass is 16.6. The van der Waals surface area contributed by atoms with E-state index in [1.54, 1.807) is 20.8 Å². The molecule has 0 saturated heterocycles. The van der Waals surface area contributed by atoms with Gasteiger partial charge in [0.05, 0.1) is 0 Å². The monoisotopic (exact) mass is 289 g/mol. The van der Waals surface area contributed by atoms with Gasteiger partial charge in [0.25, 0.3) is 0 Å². The van der Waals surface area contributed by atoms with Crippen molar-refractivity contribution in [3.63, 3.8) is 0 Å². The molecule has 1 aromatic rings. The molecule has 2 rings (SSSR count). The molecule has 1 aromatic carbocycles. The van der Waals surface area contributed by atoms with Crippen LogP contribution in [0, 0.1) is 6.92 Å². The van der Waals surface area contributed by atoms with Gasteiger partial charge in [-0.05, 0) is 57.2 Å². The topological polar surface area (TPSA) is 55.4 Å². The first kappa shape index (κ1) is 15.5. The second kappa shape index (κ2) is 5.51. The Morgan fingerprint density at radius 1 is 1.38 bits per heavy atom. The minimum absolute atomic E-state index is 0.521. The van der Waals surface area contributed by atoms with Crippen LogP contribution >= 0.6 is 0 Å². The van der Waals surface area contributed by atoms with E-state index in [0.29, 0.717) is 12.8 Å². The molecule has 1 aliphatic rings. The Bertz CT molecular complexity index is 560. The van der Waals surface area contributed by atoms with Crippen LogP contribution in [0.5, 0.6) is 0 Å². The predicted molar refractivity (Wildman–Crippen MR) is 81.4 cm³/mol. The Kier molecular flexibility index (Phi) is 4.08. The third-order valence-corrected chi connectivity index (χ3v) is 3.81. The molecule has 0 radical (unpaired) electrons. The van der Waals surface area contributed by atoms with E-state index in [2.05, 4.69) is 18.3 Å². The van der Waals surface area contributed by atoms with Gasteiger partial charge in [0.1, 0.15) is 17.4 Å². The number of amides is 1. The second-order valence-corrected chi connectivity index (χ2v) is 6.79. The van der Waals surface area contributed by atoms with Crippen molar-refractivity contribution < 1.29 is 14.3 Å². The van der Waals surface area contributed by atoms with Crippen molar-refractivity contribution in [2.24, 2.45) is 0 Å². The molecular weight excluding hydrogens is 266 g/mol. The van der Waals surface area contributed by atoms with Gasteiger partial charge in [0.15, 0.2) is 0 Å². The van der Waals surface area contributed by atoms with Crippen LogP contribution in [0.15, 0.2) is 18.2 Å². The number of ether oxygens (including phenoxy) is 1. The first-order valence-corrected chi connectivity index (χ1v) is 7.29. The fourth-order valence-electron chi connectivity index (χ4n) is 2.81. The maximum Gasteiger partial charge on any atom is 0.408 e. The molecule has 1 N–H and O–H groups in total. The SMILES string of the molecule is Cc1cccc2c1CCC(C=O)(NC(=O)OC(C)(C)C)C2. The summed E-state index contributed by atoms with van der Waals surface area (Å²) in [5.74, 6) is 0. The number of rotatable bonds is 2. The Morgan fingerprint density at radius 3 is 2.71 bits per heavy atom. The zero-order valence-electron chi connectivity index (χ0n) is 13.2. The lowest BCUT2D eigenvalue weighted by Crippen LogP contribution is -2.54. The van der Waals surface area contributed by atoms with Gasteiger partial charge in [0.2, 0.25) is 0 Å². The maximum atomic E-state index is 12.0. The number of hydrogen-bond acceptors (Lipinski definition) is 3. The summed E-state index contributed by atoms with van der Waals surface area (Å²) in [6.07, 6.45) is 2.23. The van der Waals surface area contributed by atoms with Crippen LogP contribution in [0.3, 0.4) is 0 Å². The van der Waals surface area contributed by atoms with Gasteiger partial charge in [0, 0.05) is 6.42 Å². The number of hydrogen-bond donors (Lipinski definition) is 1. The molecule has 0 spiro atoms. The molecule has 0 saturated carbocycles. The number of aldehydes is 1. The molecule has 0 aromatic heterocycles. The van der Waals surface area contributed by atoms with E-state index in [0.717, 1.165) is 18.3 Å². The lowest BCUT2D eigenvalue weighted by molar-refractivity contribution is -0.113. The lowest BCUT2D eigenvalue weighted by Gasteiger charge is -2.35. The maximum absolute atomic E-state index is 12.0. The van der Waals surface area contributed by atoms with Crippen molar-refractivity contribution in [1.82, 2.24) is 5.32 Å². The molecule has 21 heavy (non-hydrogen) atoms. The zero-order chi connectivity index (χ0) is 15.7. The summed E-state index contributed by atoms with van der Waals surface area (Å²) in [7, 11) is 0. The second-order valence-electron chi connectivity index (χ2n) is 6.79. The van der Waals surface area contributed by atoms with Gasteiger partial charge in [-0.25, -0.2) is 4.79 Å². The fraction of sp³-hybridized carbons (Fsp3) is 0.529. The molecule has 0 bridgehead atoms. The molecule has 1 unspecified atom stereocenters. The van der Waals surface area contributed by atoms with Gasteiger partial charge in [-0.3, -0.25) is 0 Å². The Balaban J connectivity index is 2.17. The normalized spacial score (nSPS) is 21.3. The van der Waals surface area contributed by atoms with Crippen molar-refractivity contribution in [2.75, 3.05) is 0 Å². The molecule has 1 atom stereocenters. The number of fused-ring (bicyclic) bond motifs is 1. The number of carbonyl (C=O) groups excluding carboxylic acids is 2. The van der Waals surface area contributed by atoms with Crippen molar-refractivity contribution in [2.45, 2.75) is 58.1 Å². The van der Waals surface area contributed by atoms with Crippen LogP contribution in [-0.4, -0.2) is 23.5 Å². The molecule has 114 valence electrons. The van der Waals surface area contributed by atoms with Crippen LogP contribution in [0.25, 0.3) is 0 Å². The van der Waals surface area contributed by atoms with Gasteiger partial charge in [-0.2, -0.15) is 0 Å². The summed E-state index contributed by atoms with van der Waals surface area (Å²) in [6, 6.07) is 6.09. The number of nitrogens with one attached hydrogen (secondary N) is 1. The standard InChI is InChI=1S/C17H23NO3/c1-12-6-5-7-13-10-17(11-19,9-8-14(12)13)18-15(20)21-16(2,3)4/h5-7,11H,8-10H2,1-4H3,(H,18,20).